The molecule has 1 atom stereocenters. The molecule has 2 amide bonds. The van der Waals surface area contributed by atoms with Gasteiger partial charge in [0.1, 0.15) is 6.04 Å². The number of benzene rings is 2. The molecule has 1 aliphatic rings. The third kappa shape index (κ3) is 2.83. The number of hydrogen-bond donors (Lipinski definition) is 1. The molecule has 1 heterocycles. The van der Waals surface area contributed by atoms with Crippen molar-refractivity contribution >= 4 is 28.9 Å². The maximum Gasteiger partial charge on any atom is 0.271 e. The van der Waals surface area contributed by atoms with E-state index in [0.717, 1.165) is 5.56 Å². The predicted molar refractivity (Wildman–Crippen MR) is 88.8 cm³/mol. The smallest absolute Gasteiger partial charge is 0.271 e. The first kappa shape index (κ1) is 15.7. The molecule has 1 saturated heterocycles. The number of carbonyl (C=O) groups is 2. The van der Waals surface area contributed by atoms with Gasteiger partial charge < -0.3 is 5.32 Å². The van der Waals surface area contributed by atoms with Crippen molar-refractivity contribution < 1.29 is 14.5 Å². The maximum absolute atomic E-state index is 12.6. The molecule has 2 aromatic rings. The lowest BCUT2D eigenvalue weighted by molar-refractivity contribution is -0.384. The number of nitro groups is 1. The van der Waals surface area contributed by atoms with Crippen LogP contribution in [0.5, 0.6) is 0 Å². The summed E-state index contributed by atoms with van der Waals surface area (Å²) in [5.41, 5.74) is 1.75. The number of non-ortho nitro benzene ring substituents is 1. The highest BCUT2D eigenvalue weighted by Gasteiger charge is 2.40. The van der Waals surface area contributed by atoms with Crippen molar-refractivity contribution in [3.05, 3.63) is 64.2 Å². The Bertz CT molecular complexity index is 834. The Labute approximate surface area is 138 Å². The van der Waals surface area contributed by atoms with Crippen LogP contribution >= 0.6 is 0 Å². The number of carbonyl (C=O) groups excluding carboxylic acids is 2. The summed E-state index contributed by atoms with van der Waals surface area (Å²) in [7, 11) is 0. The monoisotopic (exact) mass is 325 g/mol. The number of nitrogens with one attached hydrogen (secondary N) is 1. The first-order valence-corrected chi connectivity index (χ1v) is 7.41. The van der Waals surface area contributed by atoms with Crippen LogP contribution in [-0.2, 0) is 9.59 Å². The minimum absolute atomic E-state index is 0.00978. The van der Waals surface area contributed by atoms with Crippen LogP contribution in [0.3, 0.4) is 0 Å². The molecular weight excluding hydrogens is 310 g/mol. The molecule has 0 aliphatic carbocycles. The standard InChI is InChI=1S/C17H15N3O4/c1-11-5-2-3-8-15(11)19-16(21)10-14(17(19)22)18-12-6-4-7-13(9-12)20(23)24/h2-9,14,18H,10H2,1H3/t14-/m0/s1. The number of nitrogens with zero attached hydrogens (tertiary/aromatic N) is 2. The Morgan fingerprint density at radius 2 is 1.92 bits per heavy atom. The molecule has 0 saturated carbocycles. The van der Waals surface area contributed by atoms with Gasteiger partial charge in [-0.3, -0.25) is 19.7 Å². The van der Waals surface area contributed by atoms with E-state index in [4.69, 9.17) is 0 Å². The molecule has 24 heavy (non-hydrogen) atoms. The third-order valence-corrected chi connectivity index (χ3v) is 3.90. The van der Waals surface area contributed by atoms with Crippen molar-refractivity contribution in [3.63, 3.8) is 0 Å². The van der Waals surface area contributed by atoms with Crippen molar-refractivity contribution in [2.24, 2.45) is 0 Å². The Morgan fingerprint density at radius 3 is 2.62 bits per heavy atom. The van der Waals surface area contributed by atoms with Gasteiger partial charge in [-0.1, -0.05) is 24.3 Å². The Balaban J connectivity index is 1.83. The van der Waals surface area contributed by atoms with E-state index >= 15 is 0 Å². The second-order valence-corrected chi connectivity index (χ2v) is 5.56. The van der Waals surface area contributed by atoms with E-state index in [1.54, 1.807) is 18.2 Å². The molecule has 0 radical (unpaired) electrons. The third-order valence-electron chi connectivity index (χ3n) is 3.90. The SMILES string of the molecule is Cc1ccccc1N1C(=O)C[C@H](Nc2cccc([N+](=O)[O-])c2)C1=O. The lowest BCUT2D eigenvalue weighted by atomic mass is 10.2. The van der Waals surface area contributed by atoms with Gasteiger partial charge in [0.25, 0.3) is 11.6 Å². The zero-order valence-corrected chi connectivity index (χ0v) is 12.9. The molecule has 0 aromatic heterocycles. The predicted octanol–water partition coefficient (Wildman–Crippen LogP) is 2.65. The van der Waals surface area contributed by atoms with E-state index in [9.17, 15) is 19.7 Å². The van der Waals surface area contributed by atoms with Crippen LogP contribution < -0.4 is 10.2 Å². The minimum Gasteiger partial charge on any atom is -0.373 e. The molecule has 3 rings (SSSR count). The van der Waals surface area contributed by atoms with E-state index < -0.39 is 11.0 Å². The molecule has 2 aromatic carbocycles. The summed E-state index contributed by atoms with van der Waals surface area (Å²) in [5, 5.41) is 13.7. The van der Waals surface area contributed by atoms with Crippen molar-refractivity contribution in [2.45, 2.75) is 19.4 Å². The summed E-state index contributed by atoms with van der Waals surface area (Å²) in [6, 6.07) is 12.3. The Hall–Kier alpha value is -3.22. The lowest BCUT2D eigenvalue weighted by Crippen LogP contribution is -2.35. The van der Waals surface area contributed by atoms with Crippen LogP contribution in [0.15, 0.2) is 48.5 Å². The zero-order chi connectivity index (χ0) is 17.3. The average Bonchev–Trinajstić information content (AvgIpc) is 2.82. The molecule has 7 nitrogen and oxygen atoms in total. The van der Waals surface area contributed by atoms with Crippen LogP contribution in [0.4, 0.5) is 17.1 Å². The van der Waals surface area contributed by atoms with Crippen LogP contribution in [0.25, 0.3) is 0 Å². The van der Waals surface area contributed by atoms with Crippen LogP contribution in [0.1, 0.15) is 12.0 Å². The van der Waals surface area contributed by atoms with Gasteiger partial charge in [-0.15, -0.1) is 0 Å². The molecule has 0 bridgehead atoms. The number of rotatable bonds is 4. The summed E-state index contributed by atoms with van der Waals surface area (Å²) in [5.74, 6) is -0.655. The summed E-state index contributed by atoms with van der Waals surface area (Å²) in [6.45, 7) is 1.83. The molecule has 1 N–H and O–H groups in total. The summed E-state index contributed by atoms with van der Waals surface area (Å²) in [6.07, 6.45) is 0.00978. The van der Waals surface area contributed by atoms with Gasteiger partial charge >= 0.3 is 0 Å². The molecular formula is C17H15N3O4. The summed E-state index contributed by atoms with van der Waals surface area (Å²) in [4.78, 5) is 36.4. The molecule has 7 heteroatoms. The fourth-order valence-corrected chi connectivity index (χ4v) is 2.72. The van der Waals surface area contributed by atoms with E-state index in [1.807, 2.05) is 19.1 Å². The normalized spacial score (nSPS) is 17.2. The quantitative estimate of drug-likeness (QED) is 0.530. The second kappa shape index (κ2) is 6.11. The van der Waals surface area contributed by atoms with Crippen molar-refractivity contribution in [1.82, 2.24) is 0 Å². The fourth-order valence-electron chi connectivity index (χ4n) is 2.72. The number of para-hydroxylation sites is 1. The van der Waals surface area contributed by atoms with E-state index in [2.05, 4.69) is 5.32 Å². The van der Waals surface area contributed by atoms with Gasteiger partial charge in [0.15, 0.2) is 0 Å². The van der Waals surface area contributed by atoms with Crippen molar-refractivity contribution in [2.75, 3.05) is 10.2 Å². The molecule has 0 spiro atoms. The van der Waals surface area contributed by atoms with E-state index in [0.29, 0.717) is 11.4 Å². The zero-order valence-electron chi connectivity index (χ0n) is 12.9. The van der Waals surface area contributed by atoms with E-state index in [-0.39, 0.29) is 23.9 Å². The highest BCUT2D eigenvalue weighted by molar-refractivity contribution is 6.23. The van der Waals surface area contributed by atoms with Gasteiger partial charge in [0.2, 0.25) is 5.91 Å². The van der Waals surface area contributed by atoms with Crippen molar-refractivity contribution in [1.29, 1.82) is 0 Å². The van der Waals surface area contributed by atoms with Gasteiger partial charge in [-0.2, -0.15) is 0 Å². The average molecular weight is 325 g/mol. The molecule has 122 valence electrons. The van der Waals surface area contributed by atoms with E-state index in [1.165, 1.54) is 23.1 Å². The van der Waals surface area contributed by atoms with Crippen LogP contribution in [-0.4, -0.2) is 22.8 Å². The number of nitro benzene ring substituents is 1. The Kier molecular flexibility index (Phi) is 3.99. The number of imide groups is 1. The minimum atomic E-state index is -0.737. The van der Waals surface area contributed by atoms with Crippen LogP contribution in [0, 0.1) is 17.0 Å². The Morgan fingerprint density at radius 1 is 1.17 bits per heavy atom. The number of aryl methyl sites for hydroxylation is 1. The van der Waals surface area contributed by atoms with Crippen molar-refractivity contribution in [3.8, 4) is 0 Å². The van der Waals surface area contributed by atoms with Crippen LogP contribution in [0.2, 0.25) is 0 Å². The lowest BCUT2D eigenvalue weighted by Gasteiger charge is -2.18. The molecule has 0 unspecified atom stereocenters. The number of anilines is 2. The fraction of sp³-hybridized carbons (Fsp3) is 0.176. The van der Waals surface area contributed by atoms with Gasteiger partial charge in [-0.05, 0) is 24.6 Å². The summed E-state index contributed by atoms with van der Waals surface area (Å²) < 4.78 is 0. The van der Waals surface area contributed by atoms with Gasteiger partial charge in [-0.25, -0.2) is 4.90 Å². The topological polar surface area (TPSA) is 92.6 Å². The maximum atomic E-state index is 12.6. The largest absolute Gasteiger partial charge is 0.373 e. The molecule has 1 aliphatic heterocycles. The molecule has 1 fully saturated rings. The first-order valence-electron chi connectivity index (χ1n) is 7.41. The number of amides is 2. The first-order chi connectivity index (χ1) is 11.5. The number of hydrogen-bond acceptors (Lipinski definition) is 5. The van der Waals surface area contributed by atoms with Gasteiger partial charge in [0, 0.05) is 17.8 Å². The highest BCUT2D eigenvalue weighted by atomic mass is 16.6. The van der Waals surface area contributed by atoms with Gasteiger partial charge in [0.05, 0.1) is 17.0 Å². The highest BCUT2D eigenvalue weighted by Crippen LogP contribution is 2.28. The second-order valence-electron chi connectivity index (χ2n) is 5.56. The summed E-state index contributed by atoms with van der Waals surface area (Å²) >= 11 is 0.